The van der Waals surface area contributed by atoms with E-state index < -0.39 is 0 Å². The lowest BCUT2D eigenvalue weighted by Gasteiger charge is -1.98. The van der Waals surface area contributed by atoms with E-state index in [1.54, 1.807) is 0 Å². The Bertz CT molecular complexity index is 965. The van der Waals surface area contributed by atoms with Gasteiger partial charge in [-0.25, -0.2) is 0 Å². The molecule has 1 heterocycles. The fourth-order valence-corrected chi connectivity index (χ4v) is 2.90. The zero-order valence-corrected chi connectivity index (χ0v) is 16.5. The first-order valence-electron chi connectivity index (χ1n) is 7.67. The third kappa shape index (κ3) is 4.59. The van der Waals surface area contributed by atoms with Crippen molar-refractivity contribution in [3.05, 3.63) is 59.7 Å². The molecule has 8 heteroatoms. The van der Waals surface area contributed by atoms with Crippen LogP contribution in [0, 0.1) is 6.92 Å². The maximum Gasteiger partial charge on any atom is 0.377 e. The van der Waals surface area contributed by atoms with E-state index in [4.69, 9.17) is 11.1 Å². The lowest BCUT2D eigenvalue weighted by Crippen LogP contribution is -3.00. The van der Waals surface area contributed by atoms with Crippen molar-refractivity contribution in [2.75, 3.05) is 11.5 Å². The van der Waals surface area contributed by atoms with Crippen molar-refractivity contribution in [2.24, 2.45) is 10.2 Å². The first kappa shape index (κ1) is 19.9. The summed E-state index contributed by atoms with van der Waals surface area (Å²) in [6.07, 6.45) is 0. The number of nitrogens with zero attached hydrogens (tertiary/aromatic N) is 2. The van der Waals surface area contributed by atoms with Gasteiger partial charge in [0.1, 0.15) is 5.82 Å². The van der Waals surface area contributed by atoms with Gasteiger partial charge in [-0.3, -0.25) is 10.2 Å². The van der Waals surface area contributed by atoms with E-state index in [9.17, 15) is 4.79 Å². The molecule has 0 saturated carbocycles. The number of benzene rings is 2. The fourth-order valence-electron chi connectivity index (χ4n) is 2.36. The summed E-state index contributed by atoms with van der Waals surface area (Å²) in [5, 5.41) is 15.9. The molecule has 0 unspecified atom stereocenters. The van der Waals surface area contributed by atoms with Crippen LogP contribution in [-0.2, 0) is 0 Å². The van der Waals surface area contributed by atoms with Crippen molar-refractivity contribution in [3.63, 3.8) is 0 Å². The number of amidine groups is 1. The summed E-state index contributed by atoms with van der Waals surface area (Å²) in [6, 6.07) is 15.0. The van der Waals surface area contributed by atoms with Crippen LogP contribution in [0.2, 0.25) is 0 Å². The summed E-state index contributed by atoms with van der Waals surface area (Å²) in [5.74, 6) is 1.28. The van der Waals surface area contributed by atoms with E-state index in [1.807, 2.05) is 55.5 Å². The summed E-state index contributed by atoms with van der Waals surface area (Å²) in [5.41, 5.74) is 7.68. The van der Waals surface area contributed by atoms with Gasteiger partial charge >= 0.3 is 5.17 Å². The minimum absolute atomic E-state index is 0. The molecule has 0 bridgehead atoms. The van der Waals surface area contributed by atoms with Crippen molar-refractivity contribution >= 4 is 45.1 Å². The number of hydrogen-bond donors (Lipinski definition) is 3. The number of nitrogens with one attached hydrogen (secondary N) is 1. The largest absolute Gasteiger partial charge is 1.00 e. The van der Waals surface area contributed by atoms with Gasteiger partial charge in [-0.2, -0.15) is 0 Å². The smallest absolute Gasteiger partial charge is 0.377 e. The van der Waals surface area contributed by atoms with Crippen LogP contribution in [0.4, 0.5) is 11.6 Å². The zero-order valence-electron chi connectivity index (χ0n) is 14.1. The number of rotatable bonds is 4. The molecule has 0 spiro atoms. The standard InChI is InChI=1S/C18H17N5OS.BrH/c1-11-6-8-12(9-7-11)15(24)10-25-18(20)23-22-17-14-5-3-2-4-13(14)16(19)21-17;/h2-9,20-21H,10,19H2,1H3;1H/b20-18?,23-22+;. The summed E-state index contributed by atoms with van der Waals surface area (Å²) in [6.45, 7) is 1.98. The number of Topliss-reactive ketones (excluding diaryl/α,β-unsaturated/α-hetero) is 1. The van der Waals surface area contributed by atoms with Gasteiger partial charge in [-0.05, 0) is 23.8 Å². The zero-order chi connectivity index (χ0) is 17.8. The van der Waals surface area contributed by atoms with Crippen molar-refractivity contribution in [1.29, 1.82) is 0 Å². The molecular weight excluding hydrogens is 414 g/mol. The number of aromatic amines is 1. The maximum atomic E-state index is 12.1. The first-order chi connectivity index (χ1) is 12.0. The van der Waals surface area contributed by atoms with Crippen molar-refractivity contribution in [1.82, 2.24) is 4.98 Å². The number of halogens is 1. The molecule has 3 rings (SSSR count). The Labute approximate surface area is 165 Å². The molecule has 0 amide bonds. The average Bonchev–Trinajstić information content (AvgIpc) is 2.95. The second-order valence-electron chi connectivity index (χ2n) is 5.55. The number of anilines is 1. The fraction of sp³-hybridized carbons (Fsp3) is 0.111. The van der Waals surface area contributed by atoms with Gasteiger partial charge in [-0.15, -0.1) is 0 Å². The van der Waals surface area contributed by atoms with Crippen LogP contribution in [-0.4, -0.2) is 21.7 Å². The Balaban J connectivity index is 0.00000243. The number of carbonyl (C=O) groups excluding carboxylic acids is 1. The molecule has 0 aliphatic rings. The molecule has 3 aromatic rings. The lowest BCUT2D eigenvalue weighted by atomic mass is 10.1. The SMILES string of the molecule is Cc1ccc(C(=O)CSC(=[NH2+])/N=N/c2[nH]c(N)c3ccccc23)cc1.[Br-]. The Morgan fingerprint density at radius 1 is 1.15 bits per heavy atom. The number of azo groups is 1. The number of nitrogens with two attached hydrogens (primary N) is 2. The van der Waals surface area contributed by atoms with E-state index >= 15 is 0 Å². The minimum atomic E-state index is -0.00211. The predicted molar refractivity (Wildman–Crippen MR) is 102 cm³/mol. The molecule has 0 aliphatic carbocycles. The highest BCUT2D eigenvalue weighted by Gasteiger charge is 2.13. The monoisotopic (exact) mass is 431 g/mol. The number of aryl methyl sites for hydroxylation is 1. The van der Waals surface area contributed by atoms with Gasteiger partial charge in [-0.1, -0.05) is 54.1 Å². The Hall–Kier alpha value is -2.45. The van der Waals surface area contributed by atoms with Crippen LogP contribution in [0.15, 0.2) is 58.8 Å². The highest BCUT2D eigenvalue weighted by atomic mass is 79.9. The summed E-state index contributed by atoms with van der Waals surface area (Å²) >= 11 is 1.15. The van der Waals surface area contributed by atoms with Gasteiger partial charge in [0.2, 0.25) is 0 Å². The second-order valence-corrected chi connectivity index (χ2v) is 6.54. The average molecular weight is 432 g/mol. The minimum Gasteiger partial charge on any atom is -1.00 e. The number of carbonyl (C=O) groups is 1. The maximum absolute atomic E-state index is 12.1. The second kappa shape index (κ2) is 8.77. The molecule has 0 radical (unpaired) electrons. The van der Waals surface area contributed by atoms with Crippen LogP contribution in [0.25, 0.3) is 10.8 Å². The van der Waals surface area contributed by atoms with Crippen LogP contribution < -0.4 is 28.1 Å². The van der Waals surface area contributed by atoms with Gasteiger partial charge < -0.3 is 27.7 Å². The number of fused-ring (bicyclic) bond motifs is 1. The van der Waals surface area contributed by atoms with Crippen LogP contribution in [0.1, 0.15) is 15.9 Å². The molecule has 0 aliphatic heterocycles. The quantitative estimate of drug-likeness (QED) is 0.231. The van der Waals surface area contributed by atoms with Gasteiger partial charge in [0.05, 0.1) is 10.9 Å². The molecule has 0 saturated heterocycles. The van der Waals surface area contributed by atoms with Crippen LogP contribution in [0.3, 0.4) is 0 Å². The van der Waals surface area contributed by atoms with E-state index in [0.717, 1.165) is 28.1 Å². The van der Waals surface area contributed by atoms with Crippen LogP contribution in [0.5, 0.6) is 0 Å². The molecular formula is C18H18BrN5OS. The molecule has 0 fully saturated rings. The van der Waals surface area contributed by atoms with E-state index in [2.05, 4.69) is 15.2 Å². The molecule has 2 aromatic carbocycles. The number of H-pyrrole nitrogens is 1. The third-order valence-electron chi connectivity index (χ3n) is 3.70. The number of hydrogen-bond acceptors (Lipinski definition) is 4. The molecule has 6 nitrogen and oxygen atoms in total. The van der Waals surface area contributed by atoms with E-state index in [-0.39, 0.29) is 33.7 Å². The predicted octanol–water partition coefficient (Wildman–Crippen LogP) is -0.123. The number of nitrogen functional groups attached to an aromatic ring is 1. The molecule has 26 heavy (non-hydrogen) atoms. The Kier molecular flexibility index (Phi) is 6.70. The molecule has 134 valence electrons. The number of aromatic nitrogens is 1. The molecule has 1 aromatic heterocycles. The first-order valence-corrected chi connectivity index (χ1v) is 8.66. The van der Waals surface area contributed by atoms with Gasteiger partial charge in [0.25, 0.3) is 0 Å². The van der Waals surface area contributed by atoms with E-state index in [1.165, 1.54) is 0 Å². The normalized spacial score (nSPS) is 10.8. The summed E-state index contributed by atoms with van der Waals surface area (Å²) < 4.78 is 0. The Morgan fingerprint density at radius 3 is 2.50 bits per heavy atom. The van der Waals surface area contributed by atoms with Crippen molar-refractivity contribution in [3.8, 4) is 0 Å². The summed E-state index contributed by atoms with van der Waals surface area (Å²) in [7, 11) is 0. The topological polar surface area (TPSA) is 109 Å². The Morgan fingerprint density at radius 2 is 1.81 bits per heavy atom. The van der Waals surface area contributed by atoms with Crippen LogP contribution >= 0.6 is 11.8 Å². The molecule has 0 atom stereocenters. The highest BCUT2D eigenvalue weighted by molar-refractivity contribution is 8.14. The number of ketones is 1. The molecule has 5 N–H and O–H groups in total. The number of thioether (sulfide) groups is 1. The summed E-state index contributed by atoms with van der Waals surface area (Å²) in [4.78, 5) is 15.1. The van der Waals surface area contributed by atoms with Gasteiger partial charge in [0, 0.05) is 16.3 Å². The van der Waals surface area contributed by atoms with E-state index in [0.29, 0.717) is 17.2 Å². The van der Waals surface area contributed by atoms with Crippen molar-refractivity contribution in [2.45, 2.75) is 6.92 Å². The third-order valence-corrected chi connectivity index (χ3v) is 4.48. The lowest BCUT2D eigenvalue weighted by molar-refractivity contribution is -0.110. The highest BCUT2D eigenvalue weighted by Crippen LogP contribution is 2.30. The van der Waals surface area contributed by atoms with Gasteiger partial charge in [0.15, 0.2) is 11.6 Å². The van der Waals surface area contributed by atoms with Crippen molar-refractivity contribution < 1.29 is 27.2 Å².